The zero-order valence-corrected chi connectivity index (χ0v) is 18.0. The van der Waals surface area contributed by atoms with E-state index in [0.29, 0.717) is 6.20 Å². The fourth-order valence-electron chi connectivity index (χ4n) is 5.01. The van der Waals surface area contributed by atoms with Crippen molar-refractivity contribution in [3.8, 4) is 11.4 Å². The second-order valence-corrected chi connectivity index (χ2v) is 8.52. The second kappa shape index (κ2) is 8.30. The van der Waals surface area contributed by atoms with Crippen LogP contribution in [0.4, 0.5) is 23.4 Å². The average Bonchev–Trinajstić information content (AvgIpc) is 3.36. The second-order valence-electron chi connectivity index (χ2n) is 8.52. The highest BCUT2D eigenvalue weighted by Gasteiger charge is 2.52. The van der Waals surface area contributed by atoms with Gasteiger partial charge in [0.2, 0.25) is 0 Å². The van der Waals surface area contributed by atoms with Gasteiger partial charge in [0.1, 0.15) is 11.6 Å². The highest BCUT2D eigenvalue weighted by atomic mass is 19.4. The number of aromatic nitrogens is 4. The van der Waals surface area contributed by atoms with E-state index in [4.69, 9.17) is 0 Å². The number of likely N-dealkylation sites (tertiary alicyclic amines) is 1. The lowest BCUT2D eigenvalue weighted by Gasteiger charge is -2.38. The van der Waals surface area contributed by atoms with Gasteiger partial charge in [-0.15, -0.1) is 0 Å². The van der Waals surface area contributed by atoms with Crippen LogP contribution in [-0.2, 0) is 6.18 Å². The third-order valence-corrected chi connectivity index (χ3v) is 6.59. The maximum atomic E-state index is 14.8. The highest BCUT2D eigenvalue weighted by Crippen LogP contribution is 2.44. The van der Waals surface area contributed by atoms with Crippen LogP contribution < -0.4 is 5.32 Å². The van der Waals surface area contributed by atoms with Crippen LogP contribution in [0.2, 0.25) is 0 Å². The van der Waals surface area contributed by atoms with Crippen molar-refractivity contribution in [1.29, 1.82) is 0 Å². The number of hydrogen-bond acceptors (Lipinski definition) is 6. The van der Waals surface area contributed by atoms with E-state index in [-0.39, 0.29) is 52.7 Å². The monoisotopic (exact) mass is 472 g/mol. The third kappa shape index (κ3) is 3.84. The molecule has 11 heteroatoms. The Hall–Kier alpha value is -3.63. The number of nitrogens with one attached hydrogen (secondary N) is 1. The molecule has 2 aliphatic rings. The molecular weight excluding hydrogens is 452 g/mol. The van der Waals surface area contributed by atoms with Crippen LogP contribution in [0.3, 0.4) is 0 Å². The number of carbonyl (C=O) groups excluding carboxylic acids is 1. The van der Waals surface area contributed by atoms with Crippen molar-refractivity contribution >= 4 is 11.7 Å². The molecule has 2 fully saturated rings. The lowest BCUT2D eigenvalue weighted by molar-refractivity contribution is -0.141. The van der Waals surface area contributed by atoms with E-state index < -0.39 is 17.7 Å². The van der Waals surface area contributed by atoms with Crippen molar-refractivity contribution in [2.75, 3.05) is 5.32 Å². The minimum Gasteiger partial charge on any atom is -0.364 e. The quantitative estimate of drug-likeness (QED) is 0.574. The minimum absolute atomic E-state index is 0.0428. The number of amides is 1. The molecule has 7 nitrogen and oxygen atoms in total. The summed E-state index contributed by atoms with van der Waals surface area (Å²) in [6.45, 7) is 1.95. The SMILES string of the molecule is CC1C2CC([C@@H](Nc3cnc(C(F)(F)F)cn3)C2)N1C(=O)c1cccc(F)c1-c1ncccn1. The largest absolute Gasteiger partial charge is 0.434 e. The number of fused-ring (bicyclic) bond motifs is 2. The summed E-state index contributed by atoms with van der Waals surface area (Å²) in [6, 6.07) is 5.36. The van der Waals surface area contributed by atoms with Gasteiger partial charge >= 0.3 is 6.18 Å². The molecule has 1 aliphatic heterocycles. The van der Waals surface area contributed by atoms with E-state index in [2.05, 4.69) is 25.3 Å². The van der Waals surface area contributed by atoms with Gasteiger partial charge < -0.3 is 10.2 Å². The Morgan fingerprint density at radius 2 is 1.82 bits per heavy atom. The molecule has 2 bridgehead atoms. The van der Waals surface area contributed by atoms with Crippen LogP contribution in [-0.4, -0.2) is 48.9 Å². The molecule has 4 atom stereocenters. The van der Waals surface area contributed by atoms with Gasteiger partial charge in [-0.3, -0.25) is 4.79 Å². The van der Waals surface area contributed by atoms with Crippen molar-refractivity contribution in [3.63, 3.8) is 0 Å². The van der Waals surface area contributed by atoms with Crippen LogP contribution in [0.15, 0.2) is 49.1 Å². The first-order chi connectivity index (χ1) is 16.2. The van der Waals surface area contributed by atoms with E-state index in [0.717, 1.165) is 19.0 Å². The molecule has 5 rings (SSSR count). The smallest absolute Gasteiger partial charge is 0.364 e. The van der Waals surface area contributed by atoms with Crippen LogP contribution in [0.1, 0.15) is 35.8 Å². The van der Waals surface area contributed by atoms with Crippen molar-refractivity contribution in [1.82, 2.24) is 24.8 Å². The van der Waals surface area contributed by atoms with Crippen LogP contribution >= 0.6 is 0 Å². The topological polar surface area (TPSA) is 83.9 Å². The summed E-state index contributed by atoms with van der Waals surface area (Å²) in [4.78, 5) is 30.9. The van der Waals surface area contributed by atoms with E-state index >= 15 is 0 Å². The van der Waals surface area contributed by atoms with Gasteiger partial charge in [-0.1, -0.05) is 6.07 Å². The number of carbonyl (C=O) groups is 1. The summed E-state index contributed by atoms with van der Waals surface area (Å²) in [5.74, 6) is -0.417. The Bertz CT molecular complexity index is 1200. The number of nitrogens with zero attached hydrogens (tertiary/aromatic N) is 5. The first kappa shape index (κ1) is 22.2. The molecule has 34 heavy (non-hydrogen) atoms. The zero-order valence-electron chi connectivity index (χ0n) is 18.0. The Kier molecular flexibility index (Phi) is 5.41. The van der Waals surface area contributed by atoms with Crippen molar-refractivity contribution in [3.05, 3.63) is 66.1 Å². The average molecular weight is 472 g/mol. The molecule has 1 saturated carbocycles. The first-order valence-corrected chi connectivity index (χ1v) is 10.8. The lowest BCUT2D eigenvalue weighted by Crippen LogP contribution is -2.51. The number of anilines is 1. The molecule has 1 saturated heterocycles. The summed E-state index contributed by atoms with van der Waals surface area (Å²) in [5, 5.41) is 3.13. The summed E-state index contributed by atoms with van der Waals surface area (Å²) in [5.41, 5.74) is -0.863. The molecule has 0 spiro atoms. The summed E-state index contributed by atoms with van der Waals surface area (Å²) in [7, 11) is 0. The van der Waals surface area contributed by atoms with Gasteiger partial charge in [0.15, 0.2) is 11.5 Å². The molecule has 1 N–H and O–H groups in total. The Morgan fingerprint density at radius 1 is 1.06 bits per heavy atom. The Balaban J connectivity index is 1.41. The van der Waals surface area contributed by atoms with E-state index in [1.165, 1.54) is 24.5 Å². The maximum Gasteiger partial charge on any atom is 0.434 e. The maximum absolute atomic E-state index is 14.8. The first-order valence-electron chi connectivity index (χ1n) is 10.8. The van der Waals surface area contributed by atoms with Crippen LogP contribution in [0.25, 0.3) is 11.4 Å². The van der Waals surface area contributed by atoms with Gasteiger partial charge in [0.05, 0.1) is 29.6 Å². The molecule has 1 aliphatic carbocycles. The molecule has 3 unspecified atom stereocenters. The number of hydrogen-bond donors (Lipinski definition) is 1. The normalized spacial score (nSPS) is 23.9. The Labute approximate surface area is 192 Å². The molecule has 1 amide bonds. The number of benzene rings is 1. The van der Waals surface area contributed by atoms with E-state index in [1.54, 1.807) is 17.0 Å². The van der Waals surface area contributed by atoms with Crippen LogP contribution in [0, 0.1) is 11.7 Å². The number of alkyl halides is 3. The van der Waals surface area contributed by atoms with Gasteiger partial charge in [-0.05, 0) is 43.9 Å². The van der Waals surface area contributed by atoms with Gasteiger partial charge in [0, 0.05) is 24.5 Å². The van der Waals surface area contributed by atoms with Gasteiger partial charge in [-0.25, -0.2) is 24.3 Å². The molecule has 1 aromatic carbocycles. The van der Waals surface area contributed by atoms with E-state index in [9.17, 15) is 22.4 Å². The summed E-state index contributed by atoms with van der Waals surface area (Å²) < 4.78 is 53.1. The third-order valence-electron chi connectivity index (χ3n) is 6.59. The number of halogens is 4. The molecule has 0 radical (unpaired) electrons. The molecule has 3 heterocycles. The number of rotatable bonds is 4. The number of piperidine rings is 1. The fraction of sp³-hybridized carbons (Fsp3) is 0.348. The predicted molar refractivity (Wildman–Crippen MR) is 114 cm³/mol. The lowest BCUT2D eigenvalue weighted by atomic mass is 9.96. The molecule has 176 valence electrons. The zero-order chi connectivity index (χ0) is 24.0. The Morgan fingerprint density at radius 3 is 2.47 bits per heavy atom. The minimum atomic E-state index is -4.57. The summed E-state index contributed by atoms with van der Waals surface area (Å²) in [6.07, 6.45) is 1.58. The molecular formula is C23H20F4N6O. The molecule has 3 aromatic rings. The van der Waals surface area contributed by atoms with Crippen molar-refractivity contribution < 1.29 is 22.4 Å². The van der Waals surface area contributed by atoms with Crippen molar-refractivity contribution in [2.45, 2.75) is 44.1 Å². The fourth-order valence-corrected chi connectivity index (χ4v) is 5.01. The van der Waals surface area contributed by atoms with Crippen LogP contribution in [0.5, 0.6) is 0 Å². The van der Waals surface area contributed by atoms with Gasteiger partial charge in [0.25, 0.3) is 5.91 Å². The van der Waals surface area contributed by atoms with Crippen molar-refractivity contribution in [2.24, 2.45) is 5.92 Å². The molecule has 2 aromatic heterocycles. The standard InChI is InChI=1S/C23H20F4N6O/c1-12-13-8-16(32-19-11-30-18(10-31-19)23(25,26)27)17(9-13)33(12)22(34)14-4-2-5-15(24)20(14)21-28-6-3-7-29-21/h2-7,10-13,16-17H,8-9H2,1H3,(H,31,32)/t12?,13?,16-,17?/m0/s1. The highest BCUT2D eigenvalue weighted by molar-refractivity contribution is 6.01. The van der Waals surface area contributed by atoms with Gasteiger partial charge in [-0.2, -0.15) is 13.2 Å². The summed E-state index contributed by atoms with van der Waals surface area (Å²) >= 11 is 0. The predicted octanol–water partition coefficient (Wildman–Crippen LogP) is 4.20. The van der Waals surface area contributed by atoms with E-state index in [1.807, 2.05) is 6.92 Å².